The van der Waals surface area contributed by atoms with E-state index in [1.54, 1.807) is 0 Å². The molecule has 0 heterocycles. The standard InChI is InChI=1S/C18H28OSi.6CO.2Co/c1-4-20(5-2,6-3)16-12-8-11-15-19-17-18-13-9-7-10-14-18;6*1-2;;/h7,9-10,13-14H,4-6,8,11,15,17H2,1-3H3;;;;;;;;. The number of hydrogen-bond acceptors (Lipinski definition) is 1. The van der Waals surface area contributed by atoms with Crippen molar-refractivity contribution in [3.63, 3.8) is 0 Å². The van der Waals surface area contributed by atoms with Gasteiger partial charge in [-0.2, -0.15) is 0 Å². The van der Waals surface area contributed by atoms with Crippen molar-refractivity contribution in [2.45, 2.75) is 58.4 Å². The van der Waals surface area contributed by atoms with Gasteiger partial charge >= 0.3 is 67.8 Å². The minimum atomic E-state index is -1.24. The zero-order valence-corrected chi connectivity index (χ0v) is 22.4. The third-order valence-corrected chi connectivity index (χ3v) is 8.85. The molecule has 10 heteroatoms. The summed E-state index contributed by atoms with van der Waals surface area (Å²) in [6, 6.07) is 14.2. The Balaban J connectivity index is -0.0000000700. The summed E-state index contributed by atoms with van der Waals surface area (Å²) >= 11 is 0. The van der Waals surface area contributed by atoms with Gasteiger partial charge in [0.1, 0.15) is 8.07 Å². The molecule has 2 radical (unpaired) electrons. The van der Waals surface area contributed by atoms with Gasteiger partial charge in [0.25, 0.3) is 0 Å². The normalized spacial score (nSPS) is 6.79. The molecule has 0 unspecified atom stereocenters. The van der Waals surface area contributed by atoms with Crippen molar-refractivity contribution in [1.29, 1.82) is 0 Å². The Hall–Kier alpha value is -1.59. The maximum absolute atomic E-state index is 7.50. The van der Waals surface area contributed by atoms with Crippen LogP contribution in [0.1, 0.15) is 39.2 Å². The van der Waals surface area contributed by atoms with Crippen LogP contribution in [0.3, 0.4) is 0 Å². The molecular weight excluding hydrogens is 546 g/mol. The smallest absolute Gasteiger partial charge is 0 e. The second kappa shape index (κ2) is 57.8. The summed E-state index contributed by atoms with van der Waals surface area (Å²) < 4.78 is 50.7. The summed E-state index contributed by atoms with van der Waals surface area (Å²) in [6.45, 7) is 35.4. The summed E-state index contributed by atoms with van der Waals surface area (Å²) in [7, 11) is -1.24. The van der Waals surface area contributed by atoms with E-state index in [4.69, 9.17) is 32.6 Å². The van der Waals surface area contributed by atoms with Gasteiger partial charge in [-0.05, 0) is 30.1 Å². The zero-order chi connectivity index (χ0) is 26.7. The van der Waals surface area contributed by atoms with Crippen molar-refractivity contribution >= 4 is 8.07 Å². The van der Waals surface area contributed by atoms with Gasteiger partial charge in [0.2, 0.25) is 0 Å². The van der Waals surface area contributed by atoms with Crippen molar-refractivity contribution in [1.82, 2.24) is 0 Å². The van der Waals surface area contributed by atoms with E-state index in [0.29, 0.717) is 6.61 Å². The predicted octanol–water partition coefficient (Wildman–Crippen LogP) is 4.80. The van der Waals surface area contributed by atoms with Crippen molar-refractivity contribution in [3.05, 3.63) is 75.8 Å². The Morgan fingerprint density at radius 2 is 1.09 bits per heavy atom. The molecule has 0 saturated carbocycles. The van der Waals surface area contributed by atoms with E-state index in [0.717, 1.165) is 19.4 Å². The zero-order valence-electron chi connectivity index (χ0n) is 19.4. The van der Waals surface area contributed by atoms with Crippen molar-refractivity contribution in [2.24, 2.45) is 0 Å². The monoisotopic (exact) mass is 574 g/mol. The second-order valence-electron chi connectivity index (χ2n) is 5.28. The summed E-state index contributed by atoms with van der Waals surface area (Å²) in [5, 5.41) is 0. The van der Waals surface area contributed by atoms with Crippen LogP contribution < -0.4 is 0 Å². The fraction of sp³-hybridized carbons (Fsp3) is 0.417. The molecule has 0 bridgehead atoms. The van der Waals surface area contributed by atoms with Crippen LogP contribution in [-0.4, -0.2) is 14.7 Å². The molecular formula is C24H28Co2O7Si. The van der Waals surface area contributed by atoms with E-state index in [1.807, 2.05) is 6.07 Å². The van der Waals surface area contributed by atoms with Gasteiger partial charge in [0, 0.05) is 46.6 Å². The molecule has 7 nitrogen and oxygen atoms in total. The fourth-order valence-corrected chi connectivity index (χ4v) is 4.82. The van der Waals surface area contributed by atoms with Gasteiger partial charge < -0.3 is 4.74 Å². The summed E-state index contributed by atoms with van der Waals surface area (Å²) in [5.41, 5.74) is 4.87. The topological polar surface area (TPSA) is 129 Å². The first-order valence-corrected chi connectivity index (χ1v) is 11.7. The van der Waals surface area contributed by atoms with Gasteiger partial charge in [0.15, 0.2) is 0 Å². The quantitative estimate of drug-likeness (QED) is 0.143. The summed E-state index contributed by atoms with van der Waals surface area (Å²) in [5.74, 6) is 3.41. The number of benzene rings is 1. The average Bonchev–Trinajstić information content (AvgIpc) is 2.93. The Bertz CT molecular complexity index is 614. The molecule has 0 spiro atoms. The van der Waals surface area contributed by atoms with E-state index in [2.05, 4.69) is 96.4 Å². The van der Waals surface area contributed by atoms with Crippen molar-refractivity contribution in [2.75, 3.05) is 6.61 Å². The number of unbranched alkanes of at least 4 members (excludes halogenated alkanes) is 1. The molecule has 0 amide bonds. The van der Waals surface area contributed by atoms with Crippen LogP contribution in [0.15, 0.2) is 30.3 Å². The molecule has 0 aliphatic carbocycles. The van der Waals surface area contributed by atoms with Crippen LogP contribution in [0, 0.1) is 51.4 Å². The van der Waals surface area contributed by atoms with E-state index in [-0.39, 0.29) is 33.6 Å². The van der Waals surface area contributed by atoms with Crippen molar-refractivity contribution < 1.29 is 66.2 Å². The van der Waals surface area contributed by atoms with E-state index < -0.39 is 8.07 Å². The molecule has 0 aliphatic rings. The van der Waals surface area contributed by atoms with Crippen LogP contribution in [0.5, 0.6) is 0 Å². The van der Waals surface area contributed by atoms with Gasteiger partial charge in [-0.3, -0.25) is 0 Å². The molecule has 0 aliphatic heterocycles. The molecule has 0 aromatic heterocycles. The van der Waals surface area contributed by atoms with Crippen LogP contribution in [-0.2, 0) is 72.8 Å². The largest absolute Gasteiger partial charge is 0 e. The Labute approximate surface area is 225 Å². The molecule has 34 heavy (non-hydrogen) atoms. The maximum atomic E-state index is 7.50. The second-order valence-corrected chi connectivity index (χ2v) is 10.2. The van der Waals surface area contributed by atoms with Gasteiger partial charge in [-0.25, -0.2) is 0 Å². The fourth-order valence-electron chi connectivity index (χ4n) is 2.29. The molecule has 0 N–H and O–H groups in total. The first kappa shape index (κ1) is 53.7. The Morgan fingerprint density at radius 1 is 0.706 bits per heavy atom. The van der Waals surface area contributed by atoms with Crippen LogP contribution in [0.4, 0.5) is 0 Å². The van der Waals surface area contributed by atoms with Crippen molar-refractivity contribution in [3.8, 4) is 11.5 Å². The minimum absolute atomic E-state index is 0. The third kappa shape index (κ3) is 37.7. The van der Waals surface area contributed by atoms with E-state index in [9.17, 15) is 0 Å². The van der Waals surface area contributed by atoms with E-state index in [1.165, 1.54) is 23.7 Å². The number of ether oxygens (including phenoxy) is 1. The number of hydrogen-bond donors (Lipinski definition) is 0. The Kier molecular flexibility index (Phi) is 91.3. The molecule has 1 aromatic carbocycles. The summed E-state index contributed by atoms with van der Waals surface area (Å²) in [4.78, 5) is 0. The van der Waals surface area contributed by atoms with Gasteiger partial charge in [0.05, 0.1) is 6.61 Å². The first-order chi connectivity index (χ1) is 15.8. The molecule has 188 valence electrons. The van der Waals surface area contributed by atoms with Crippen LogP contribution in [0.25, 0.3) is 0 Å². The molecule has 0 fully saturated rings. The average molecular weight is 574 g/mol. The molecule has 0 saturated heterocycles. The van der Waals surface area contributed by atoms with Gasteiger partial charge in [-0.1, -0.05) is 51.1 Å². The van der Waals surface area contributed by atoms with Crippen LogP contribution >= 0.6 is 0 Å². The maximum Gasteiger partial charge on any atom is 0 e. The van der Waals surface area contributed by atoms with Gasteiger partial charge in [-0.15, -0.1) is 11.5 Å². The molecule has 1 aromatic rings. The number of rotatable bonds is 8. The third-order valence-electron chi connectivity index (χ3n) is 4.09. The SMILES string of the molecule is CC[Si](C#CCCCOCc1ccccc1)(CC)CC.[C-]#[O+].[C-]#[O+].[C-]#[O+].[C-]#[O+].[C-]#[O+].[C-]#[O+].[Co].[Co]. The molecule has 1 rings (SSSR count). The van der Waals surface area contributed by atoms with E-state index >= 15 is 0 Å². The minimum Gasteiger partial charge on any atom is 0 e. The van der Waals surface area contributed by atoms with Crippen LogP contribution in [0.2, 0.25) is 18.1 Å². The summed E-state index contributed by atoms with van der Waals surface area (Å²) in [6.07, 6.45) is 2.02. The first-order valence-electron chi connectivity index (χ1n) is 9.10. The Morgan fingerprint density at radius 3 is 1.44 bits per heavy atom. The molecule has 0 atom stereocenters. The predicted molar refractivity (Wildman–Crippen MR) is 114 cm³/mol.